The van der Waals surface area contributed by atoms with Gasteiger partial charge in [-0.25, -0.2) is 14.4 Å². The molecule has 0 aliphatic carbocycles. The van der Waals surface area contributed by atoms with Gasteiger partial charge >= 0.3 is 5.97 Å². The molecule has 3 aromatic rings. The van der Waals surface area contributed by atoms with E-state index in [-0.39, 0.29) is 16.6 Å². The van der Waals surface area contributed by atoms with Crippen molar-refractivity contribution >= 4 is 40.0 Å². The predicted molar refractivity (Wildman–Crippen MR) is 107 cm³/mol. The monoisotopic (exact) mass is 416 g/mol. The van der Waals surface area contributed by atoms with Gasteiger partial charge in [-0.15, -0.1) is 0 Å². The molecule has 0 atom stereocenters. The van der Waals surface area contributed by atoms with E-state index in [1.165, 1.54) is 12.4 Å². The number of aliphatic carboxylic acids is 1. The molecule has 1 aliphatic rings. The molecule has 2 N–H and O–H groups in total. The number of carboxylic acid groups (broad SMARTS) is 1. The van der Waals surface area contributed by atoms with Crippen LogP contribution in [0.4, 0.5) is 15.9 Å². The Hall–Kier alpha value is -2.97. The summed E-state index contributed by atoms with van der Waals surface area (Å²) < 4.78 is 19.8. The fourth-order valence-corrected chi connectivity index (χ4v) is 3.54. The number of carboxylic acids is 1. The molecule has 0 saturated carbocycles. The van der Waals surface area contributed by atoms with E-state index in [0.717, 1.165) is 5.56 Å². The van der Waals surface area contributed by atoms with E-state index < -0.39 is 11.8 Å². The molecule has 0 unspecified atom stereocenters. The van der Waals surface area contributed by atoms with Crippen molar-refractivity contribution in [2.75, 3.05) is 25.5 Å². The number of halogens is 2. The molecule has 1 fully saturated rings. The minimum atomic E-state index is -0.782. The molecule has 1 aliphatic heterocycles. The lowest BCUT2D eigenvalue weighted by molar-refractivity contribution is -0.147. The van der Waals surface area contributed by atoms with Crippen molar-refractivity contribution in [1.29, 1.82) is 0 Å². The SMILES string of the molecule is COc1cc2ncnc(Nc3cccc(Cl)c3F)c2cc1CN1CC(C(=O)O)C1. The molecule has 4 rings (SSSR count). The van der Waals surface area contributed by atoms with Crippen LogP contribution >= 0.6 is 11.6 Å². The number of hydrogen-bond acceptors (Lipinski definition) is 6. The van der Waals surface area contributed by atoms with Gasteiger partial charge in [-0.1, -0.05) is 17.7 Å². The van der Waals surface area contributed by atoms with E-state index in [0.29, 0.717) is 42.1 Å². The van der Waals surface area contributed by atoms with E-state index >= 15 is 0 Å². The van der Waals surface area contributed by atoms with Crippen molar-refractivity contribution < 1.29 is 19.0 Å². The lowest BCUT2D eigenvalue weighted by Gasteiger charge is -2.36. The van der Waals surface area contributed by atoms with Gasteiger partial charge in [0.15, 0.2) is 5.82 Å². The van der Waals surface area contributed by atoms with Crippen LogP contribution in [0.1, 0.15) is 5.56 Å². The Morgan fingerprint density at radius 3 is 2.90 bits per heavy atom. The Labute approximate surface area is 171 Å². The summed E-state index contributed by atoms with van der Waals surface area (Å²) in [6.07, 6.45) is 1.39. The number of ether oxygens (including phenoxy) is 1. The zero-order valence-electron chi connectivity index (χ0n) is 15.5. The molecule has 0 spiro atoms. The van der Waals surface area contributed by atoms with Gasteiger partial charge in [-0.05, 0) is 18.2 Å². The maximum absolute atomic E-state index is 14.3. The van der Waals surface area contributed by atoms with Crippen molar-refractivity contribution in [3.8, 4) is 5.75 Å². The van der Waals surface area contributed by atoms with Crippen molar-refractivity contribution in [3.63, 3.8) is 0 Å². The summed E-state index contributed by atoms with van der Waals surface area (Å²) >= 11 is 5.87. The number of aromatic nitrogens is 2. The number of rotatable bonds is 6. The molecule has 150 valence electrons. The Morgan fingerprint density at radius 1 is 1.38 bits per heavy atom. The summed E-state index contributed by atoms with van der Waals surface area (Å²) in [4.78, 5) is 21.6. The molecule has 0 radical (unpaired) electrons. The van der Waals surface area contributed by atoms with Gasteiger partial charge in [0.25, 0.3) is 0 Å². The minimum Gasteiger partial charge on any atom is -0.496 e. The zero-order chi connectivity index (χ0) is 20.5. The topological polar surface area (TPSA) is 87.6 Å². The number of benzene rings is 2. The second kappa shape index (κ2) is 7.81. The van der Waals surface area contributed by atoms with Gasteiger partial charge in [-0.2, -0.15) is 0 Å². The van der Waals surface area contributed by atoms with Crippen LogP contribution in [0.5, 0.6) is 5.75 Å². The van der Waals surface area contributed by atoms with Crippen LogP contribution in [0.3, 0.4) is 0 Å². The van der Waals surface area contributed by atoms with E-state index in [2.05, 4.69) is 15.3 Å². The van der Waals surface area contributed by atoms with Crippen LogP contribution in [0.15, 0.2) is 36.7 Å². The van der Waals surface area contributed by atoms with Gasteiger partial charge in [0.2, 0.25) is 0 Å². The highest BCUT2D eigenvalue weighted by atomic mass is 35.5. The summed E-state index contributed by atoms with van der Waals surface area (Å²) in [5.41, 5.74) is 1.72. The number of nitrogens with zero attached hydrogens (tertiary/aromatic N) is 3. The maximum Gasteiger partial charge on any atom is 0.309 e. The molecule has 9 heteroatoms. The normalized spacial score (nSPS) is 14.6. The van der Waals surface area contributed by atoms with Gasteiger partial charge < -0.3 is 15.2 Å². The fraction of sp³-hybridized carbons (Fsp3) is 0.250. The van der Waals surface area contributed by atoms with E-state index in [4.69, 9.17) is 21.4 Å². The Balaban J connectivity index is 1.67. The molecule has 7 nitrogen and oxygen atoms in total. The van der Waals surface area contributed by atoms with E-state index in [1.54, 1.807) is 25.3 Å². The molecular weight excluding hydrogens is 399 g/mol. The number of nitrogens with one attached hydrogen (secondary N) is 1. The summed E-state index contributed by atoms with van der Waals surface area (Å²) in [5, 5.41) is 12.8. The smallest absolute Gasteiger partial charge is 0.309 e. The fourth-order valence-electron chi connectivity index (χ4n) is 3.37. The van der Waals surface area contributed by atoms with Crippen LogP contribution in [-0.4, -0.2) is 46.1 Å². The largest absolute Gasteiger partial charge is 0.496 e. The molecular formula is C20H18ClFN4O3. The second-order valence-corrected chi connectivity index (χ2v) is 7.27. The van der Waals surface area contributed by atoms with Crippen LogP contribution < -0.4 is 10.1 Å². The summed E-state index contributed by atoms with van der Waals surface area (Å²) in [5.74, 6) is -0.597. The third-order valence-electron chi connectivity index (χ3n) is 4.94. The molecule has 2 aromatic carbocycles. The maximum atomic E-state index is 14.3. The van der Waals surface area contributed by atoms with Crippen LogP contribution in [0.2, 0.25) is 5.02 Å². The number of anilines is 2. The Kier molecular flexibility index (Phi) is 5.21. The third kappa shape index (κ3) is 3.81. The second-order valence-electron chi connectivity index (χ2n) is 6.86. The van der Waals surface area contributed by atoms with Gasteiger partial charge in [-0.3, -0.25) is 9.69 Å². The number of fused-ring (bicyclic) bond motifs is 1. The van der Waals surface area contributed by atoms with Crippen molar-refractivity contribution in [2.24, 2.45) is 5.92 Å². The molecule has 1 saturated heterocycles. The Morgan fingerprint density at radius 2 is 2.17 bits per heavy atom. The Bertz CT molecular complexity index is 1090. The zero-order valence-corrected chi connectivity index (χ0v) is 16.3. The van der Waals surface area contributed by atoms with Gasteiger partial charge in [0.1, 0.15) is 17.9 Å². The van der Waals surface area contributed by atoms with Crippen molar-refractivity contribution in [1.82, 2.24) is 14.9 Å². The van der Waals surface area contributed by atoms with Crippen molar-refractivity contribution in [3.05, 3.63) is 53.1 Å². The number of hydrogen-bond donors (Lipinski definition) is 2. The first-order chi connectivity index (χ1) is 14.0. The van der Waals surface area contributed by atoms with Crippen LogP contribution in [-0.2, 0) is 11.3 Å². The first-order valence-electron chi connectivity index (χ1n) is 8.94. The highest BCUT2D eigenvalue weighted by molar-refractivity contribution is 6.31. The average molecular weight is 417 g/mol. The number of methoxy groups -OCH3 is 1. The molecule has 2 heterocycles. The molecule has 1 aromatic heterocycles. The summed E-state index contributed by atoms with van der Waals surface area (Å²) in [6.45, 7) is 1.50. The lowest BCUT2D eigenvalue weighted by atomic mass is 9.99. The van der Waals surface area contributed by atoms with Crippen LogP contribution in [0.25, 0.3) is 10.9 Å². The number of carbonyl (C=O) groups is 1. The first-order valence-corrected chi connectivity index (χ1v) is 9.32. The first kappa shape index (κ1) is 19.4. The lowest BCUT2D eigenvalue weighted by Crippen LogP contribution is -2.49. The molecule has 0 bridgehead atoms. The van der Waals surface area contributed by atoms with E-state index in [9.17, 15) is 9.18 Å². The van der Waals surface area contributed by atoms with Gasteiger partial charge in [0, 0.05) is 36.7 Å². The van der Waals surface area contributed by atoms with Gasteiger partial charge in [0.05, 0.1) is 29.3 Å². The third-order valence-corrected chi connectivity index (χ3v) is 5.23. The van der Waals surface area contributed by atoms with Crippen molar-refractivity contribution in [2.45, 2.75) is 6.54 Å². The highest BCUT2D eigenvalue weighted by Gasteiger charge is 2.32. The highest BCUT2D eigenvalue weighted by Crippen LogP contribution is 2.33. The van der Waals surface area contributed by atoms with Crippen LogP contribution in [0, 0.1) is 11.7 Å². The molecule has 0 amide bonds. The average Bonchev–Trinajstić information content (AvgIpc) is 2.67. The van der Waals surface area contributed by atoms with E-state index in [1.807, 2.05) is 11.0 Å². The quantitative estimate of drug-likeness (QED) is 0.633. The standard InChI is InChI=1S/C20H18ClFN4O3/c1-29-17-6-16-13(5-11(17)7-26-8-12(9-26)20(27)28)19(24-10-23-16)25-15-4-2-3-14(21)18(15)22/h2-6,10,12H,7-9H2,1H3,(H,27,28)(H,23,24,25). The molecule has 29 heavy (non-hydrogen) atoms. The minimum absolute atomic E-state index is 0.0153. The number of likely N-dealkylation sites (tertiary alicyclic amines) is 1. The summed E-state index contributed by atoms with van der Waals surface area (Å²) in [6, 6.07) is 8.37. The summed E-state index contributed by atoms with van der Waals surface area (Å²) in [7, 11) is 1.57. The predicted octanol–water partition coefficient (Wildman–Crippen LogP) is 3.69.